The lowest BCUT2D eigenvalue weighted by Crippen LogP contribution is -2.02. The summed E-state index contributed by atoms with van der Waals surface area (Å²) in [5, 5.41) is 2.90. The molecule has 100 valence electrons. The number of hydrogen-bond donors (Lipinski definition) is 1. The normalized spacial score (nSPS) is 10.6. The molecule has 0 amide bonds. The second-order valence-corrected chi connectivity index (χ2v) is 4.59. The summed E-state index contributed by atoms with van der Waals surface area (Å²) in [7, 11) is 1.71. The van der Waals surface area contributed by atoms with Crippen LogP contribution >= 0.6 is 11.6 Å². The molecule has 0 atom stereocenters. The molecule has 0 unspecified atom stereocenters. The van der Waals surface area contributed by atoms with Crippen LogP contribution in [0.25, 0.3) is 0 Å². The molecule has 19 heavy (non-hydrogen) atoms. The smallest absolute Gasteiger partial charge is 0.328 e. The Kier molecular flexibility index (Phi) is 4.16. The van der Waals surface area contributed by atoms with Crippen molar-refractivity contribution in [1.29, 1.82) is 0 Å². The van der Waals surface area contributed by atoms with Crippen LogP contribution in [0.4, 0.5) is 5.95 Å². The van der Waals surface area contributed by atoms with Gasteiger partial charge in [0.2, 0.25) is 11.2 Å². The number of benzene rings is 1. The van der Waals surface area contributed by atoms with Crippen molar-refractivity contribution < 1.29 is 4.74 Å². The minimum absolute atomic E-state index is 0.0939. The first-order valence-corrected chi connectivity index (χ1v) is 6.34. The van der Waals surface area contributed by atoms with Gasteiger partial charge in [0.1, 0.15) is 5.75 Å². The maximum Gasteiger partial charge on any atom is 0.328 e. The Hall–Kier alpha value is -1.88. The molecule has 5 nitrogen and oxygen atoms in total. The van der Waals surface area contributed by atoms with Gasteiger partial charge < -0.3 is 10.1 Å². The SMILES string of the molecule is CNc1nc(Cl)nc(Oc2ccccc2C(C)C)n1. The van der Waals surface area contributed by atoms with Crippen molar-refractivity contribution in [2.75, 3.05) is 12.4 Å². The predicted molar refractivity (Wildman–Crippen MR) is 75.0 cm³/mol. The Balaban J connectivity index is 2.33. The van der Waals surface area contributed by atoms with Crippen LogP contribution in [0.3, 0.4) is 0 Å². The first-order valence-electron chi connectivity index (χ1n) is 5.96. The summed E-state index contributed by atoms with van der Waals surface area (Å²) in [6.45, 7) is 4.20. The van der Waals surface area contributed by atoms with Gasteiger partial charge in [-0.3, -0.25) is 0 Å². The zero-order valence-corrected chi connectivity index (χ0v) is 11.8. The molecular formula is C13H15ClN4O. The largest absolute Gasteiger partial charge is 0.424 e. The molecular weight excluding hydrogens is 264 g/mol. The van der Waals surface area contributed by atoms with E-state index in [1.54, 1.807) is 7.05 Å². The van der Waals surface area contributed by atoms with Crippen LogP contribution in [0.15, 0.2) is 24.3 Å². The molecule has 0 saturated carbocycles. The van der Waals surface area contributed by atoms with Gasteiger partial charge in [0.25, 0.3) is 0 Å². The average molecular weight is 279 g/mol. The average Bonchev–Trinajstić information content (AvgIpc) is 2.38. The topological polar surface area (TPSA) is 59.9 Å². The third kappa shape index (κ3) is 3.32. The molecule has 0 aliphatic carbocycles. The highest BCUT2D eigenvalue weighted by Gasteiger charge is 2.11. The number of para-hydroxylation sites is 1. The van der Waals surface area contributed by atoms with Crippen LogP contribution in [0, 0.1) is 0 Å². The molecule has 6 heteroatoms. The molecule has 1 aromatic carbocycles. The monoisotopic (exact) mass is 278 g/mol. The van der Waals surface area contributed by atoms with E-state index >= 15 is 0 Å². The van der Waals surface area contributed by atoms with Crippen molar-refractivity contribution in [3.05, 3.63) is 35.1 Å². The fraction of sp³-hybridized carbons (Fsp3) is 0.308. The zero-order chi connectivity index (χ0) is 13.8. The molecule has 0 bridgehead atoms. The molecule has 1 heterocycles. The predicted octanol–water partition coefficient (Wildman–Crippen LogP) is 3.48. The van der Waals surface area contributed by atoms with Gasteiger partial charge in [-0.25, -0.2) is 0 Å². The van der Waals surface area contributed by atoms with Gasteiger partial charge in [0.05, 0.1) is 0 Å². The maximum atomic E-state index is 5.82. The van der Waals surface area contributed by atoms with E-state index in [9.17, 15) is 0 Å². The van der Waals surface area contributed by atoms with E-state index in [1.165, 1.54) is 0 Å². The lowest BCUT2D eigenvalue weighted by molar-refractivity contribution is 0.433. The van der Waals surface area contributed by atoms with Crippen LogP contribution in [0.5, 0.6) is 11.8 Å². The van der Waals surface area contributed by atoms with Gasteiger partial charge in [-0.2, -0.15) is 15.0 Å². The highest BCUT2D eigenvalue weighted by Crippen LogP contribution is 2.29. The van der Waals surface area contributed by atoms with Gasteiger partial charge in [0, 0.05) is 7.05 Å². The fourth-order valence-electron chi connectivity index (χ4n) is 1.64. The third-order valence-electron chi connectivity index (χ3n) is 2.55. The number of rotatable bonds is 4. The Morgan fingerprint density at radius 2 is 1.89 bits per heavy atom. The number of aromatic nitrogens is 3. The Bertz CT molecular complexity index is 574. The van der Waals surface area contributed by atoms with E-state index in [-0.39, 0.29) is 11.3 Å². The number of hydrogen-bond acceptors (Lipinski definition) is 5. The molecule has 0 aliphatic rings. The lowest BCUT2D eigenvalue weighted by atomic mass is 10.0. The standard InChI is InChI=1S/C13H15ClN4O/c1-8(2)9-6-4-5-7-10(9)19-13-17-11(14)16-12(15-3)18-13/h4-8H,1-3H3,(H,15,16,17,18). The van der Waals surface area contributed by atoms with Crippen LogP contribution in [-0.4, -0.2) is 22.0 Å². The first-order chi connectivity index (χ1) is 9.10. The summed E-state index contributed by atoms with van der Waals surface area (Å²) in [5.41, 5.74) is 1.09. The molecule has 0 fully saturated rings. The van der Waals surface area contributed by atoms with Gasteiger partial charge in [-0.1, -0.05) is 32.0 Å². The van der Waals surface area contributed by atoms with Gasteiger partial charge in [-0.05, 0) is 29.1 Å². The minimum Gasteiger partial charge on any atom is -0.424 e. The molecule has 0 aliphatic heterocycles. The highest BCUT2D eigenvalue weighted by molar-refractivity contribution is 6.28. The number of nitrogens with zero attached hydrogens (tertiary/aromatic N) is 3. The van der Waals surface area contributed by atoms with Crippen molar-refractivity contribution >= 4 is 17.5 Å². The molecule has 1 N–H and O–H groups in total. The van der Waals surface area contributed by atoms with Crippen LogP contribution in [0.1, 0.15) is 25.3 Å². The lowest BCUT2D eigenvalue weighted by Gasteiger charge is -2.12. The van der Waals surface area contributed by atoms with E-state index in [2.05, 4.69) is 34.1 Å². The summed E-state index contributed by atoms with van der Waals surface area (Å²) in [4.78, 5) is 12.0. The fourth-order valence-corrected chi connectivity index (χ4v) is 1.79. The summed E-state index contributed by atoms with van der Waals surface area (Å²) in [6, 6.07) is 7.95. The van der Waals surface area contributed by atoms with E-state index < -0.39 is 0 Å². The quantitative estimate of drug-likeness (QED) is 0.928. The van der Waals surface area contributed by atoms with Crippen molar-refractivity contribution in [3.63, 3.8) is 0 Å². The molecule has 0 spiro atoms. The van der Waals surface area contributed by atoms with Gasteiger partial charge >= 0.3 is 6.01 Å². The molecule has 2 rings (SSSR count). The van der Waals surface area contributed by atoms with Gasteiger partial charge in [0.15, 0.2) is 0 Å². The van der Waals surface area contributed by atoms with Crippen molar-refractivity contribution in [2.45, 2.75) is 19.8 Å². The Morgan fingerprint density at radius 3 is 2.58 bits per heavy atom. The molecule has 2 aromatic rings. The number of halogens is 1. The van der Waals surface area contributed by atoms with Crippen LogP contribution in [0.2, 0.25) is 5.28 Å². The summed E-state index contributed by atoms with van der Waals surface area (Å²) in [5.74, 6) is 1.44. The molecule has 0 radical (unpaired) electrons. The summed E-state index contributed by atoms with van der Waals surface area (Å²) >= 11 is 5.82. The first kappa shape index (κ1) is 13.5. The van der Waals surface area contributed by atoms with E-state index in [0.717, 1.165) is 11.3 Å². The summed E-state index contributed by atoms with van der Waals surface area (Å²) in [6.07, 6.45) is 0. The van der Waals surface area contributed by atoms with E-state index in [4.69, 9.17) is 16.3 Å². The number of anilines is 1. The van der Waals surface area contributed by atoms with E-state index in [0.29, 0.717) is 11.9 Å². The van der Waals surface area contributed by atoms with Gasteiger partial charge in [-0.15, -0.1) is 0 Å². The Morgan fingerprint density at radius 1 is 1.16 bits per heavy atom. The molecule has 0 saturated heterocycles. The second-order valence-electron chi connectivity index (χ2n) is 4.26. The maximum absolute atomic E-state index is 5.82. The Labute approximate surface area is 117 Å². The van der Waals surface area contributed by atoms with Crippen molar-refractivity contribution in [3.8, 4) is 11.8 Å². The molecule has 1 aromatic heterocycles. The van der Waals surface area contributed by atoms with Crippen LogP contribution in [-0.2, 0) is 0 Å². The van der Waals surface area contributed by atoms with Crippen LogP contribution < -0.4 is 10.1 Å². The number of nitrogens with one attached hydrogen (secondary N) is 1. The minimum atomic E-state index is 0.0939. The van der Waals surface area contributed by atoms with E-state index in [1.807, 2.05) is 24.3 Å². The second kappa shape index (κ2) is 5.84. The van der Waals surface area contributed by atoms with Crippen molar-refractivity contribution in [2.24, 2.45) is 0 Å². The number of ether oxygens (including phenoxy) is 1. The summed E-state index contributed by atoms with van der Waals surface area (Å²) < 4.78 is 5.71. The zero-order valence-electron chi connectivity index (χ0n) is 11.0. The van der Waals surface area contributed by atoms with Crippen molar-refractivity contribution in [1.82, 2.24) is 15.0 Å². The third-order valence-corrected chi connectivity index (χ3v) is 2.72. The highest BCUT2D eigenvalue weighted by atomic mass is 35.5.